The maximum absolute atomic E-state index is 8.68. The first-order valence-corrected chi connectivity index (χ1v) is 6.13. The number of hydrogen-bond donors (Lipinski definition) is 2. The van der Waals surface area contributed by atoms with Gasteiger partial charge in [-0.05, 0) is 38.1 Å². The molecule has 0 aliphatic rings. The summed E-state index contributed by atoms with van der Waals surface area (Å²) < 4.78 is 0. The fourth-order valence-corrected chi connectivity index (χ4v) is 2.02. The molecule has 0 saturated heterocycles. The molecule has 1 heterocycles. The van der Waals surface area contributed by atoms with Crippen molar-refractivity contribution in [3.05, 3.63) is 23.9 Å². The van der Waals surface area contributed by atoms with E-state index in [0.717, 1.165) is 17.2 Å². The highest BCUT2D eigenvalue weighted by atomic mass is 32.2. The van der Waals surface area contributed by atoms with Gasteiger partial charge in [-0.3, -0.25) is 0 Å². The standard InChI is InChI=1S/C11H18N2OS/c1-9(12-2)10-4-5-13-11(8-10)15-7-3-6-14/h4-5,8-9,12,14H,3,6-7H2,1-2H3. The molecule has 4 heteroatoms. The number of nitrogens with one attached hydrogen (secondary N) is 1. The van der Waals surface area contributed by atoms with E-state index in [4.69, 9.17) is 5.11 Å². The van der Waals surface area contributed by atoms with Gasteiger partial charge in [-0.25, -0.2) is 4.98 Å². The van der Waals surface area contributed by atoms with Gasteiger partial charge in [0.15, 0.2) is 0 Å². The van der Waals surface area contributed by atoms with E-state index in [2.05, 4.69) is 23.3 Å². The van der Waals surface area contributed by atoms with Gasteiger partial charge in [0, 0.05) is 24.6 Å². The van der Waals surface area contributed by atoms with Crippen LogP contribution in [0.3, 0.4) is 0 Å². The van der Waals surface area contributed by atoms with Crippen molar-refractivity contribution in [2.75, 3.05) is 19.4 Å². The third-order valence-corrected chi connectivity index (χ3v) is 3.26. The molecule has 0 aliphatic carbocycles. The number of aliphatic hydroxyl groups excluding tert-OH is 1. The monoisotopic (exact) mass is 226 g/mol. The van der Waals surface area contributed by atoms with Gasteiger partial charge in [0.25, 0.3) is 0 Å². The van der Waals surface area contributed by atoms with Crippen molar-refractivity contribution >= 4 is 11.8 Å². The first-order valence-electron chi connectivity index (χ1n) is 5.14. The molecule has 15 heavy (non-hydrogen) atoms. The molecule has 0 bridgehead atoms. The second-order valence-electron chi connectivity index (χ2n) is 3.36. The van der Waals surface area contributed by atoms with E-state index in [0.29, 0.717) is 6.04 Å². The van der Waals surface area contributed by atoms with Gasteiger partial charge in [0.05, 0.1) is 5.03 Å². The van der Waals surface area contributed by atoms with E-state index in [1.54, 1.807) is 11.8 Å². The number of thioether (sulfide) groups is 1. The molecule has 1 atom stereocenters. The zero-order chi connectivity index (χ0) is 11.1. The van der Waals surface area contributed by atoms with Crippen LogP contribution in [0, 0.1) is 0 Å². The molecule has 0 aromatic carbocycles. The normalized spacial score (nSPS) is 12.7. The Morgan fingerprint density at radius 2 is 2.40 bits per heavy atom. The predicted molar refractivity (Wildman–Crippen MR) is 64.1 cm³/mol. The molecule has 1 rings (SSSR count). The van der Waals surface area contributed by atoms with Gasteiger partial charge < -0.3 is 10.4 Å². The fourth-order valence-electron chi connectivity index (χ4n) is 1.18. The topological polar surface area (TPSA) is 45.2 Å². The summed E-state index contributed by atoms with van der Waals surface area (Å²) in [6, 6.07) is 4.48. The highest BCUT2D eigenvalue weighted by molar-refractivity contribution is 7.99. The van der Waals surface area contributed by atoms with E-state index in [1.807, 2.05) is 19.3 Å². The molecule has 2 N–H and O–H groups in total. The van der Waals surface area contributed by atoms with Crippen molar-refractivity contribution in [1.29, 1.82) is 0 Å². The fraction of sp³-hybridized carbons (Fsp3) is 0.545. The van der Waals surface area contributed by atoms with Crippen molar-refractivity contribution < 1.29 is 5.11 Å². The number of aromatic nitrogens is 1. The quantitative estimate of drug-likeness (QED) is 0.574. The second kappa shape index (κ2) is 6.82. The molecule has 0 fully saturated rings. The average Bonchev–Trinajstić information content (AvgIpc) is 2.29. The number of hydrogen-bond acceptors (Lipinski definition) is 4. The van der Waals surface area contributed by atoms with Gasteiger partial charge in [0.1, 0.15) is 0 Å². The lowest BCUT2D eigenvalue weighted by molar-refractivity contribution is 0.296. The molecule has 1 aromatic heterocycles. The maximum atomic E-state index is 8.68. The Morgan fingerprint density at radius 1 is 1.60 bits per heavy atom. The van der Waals surface area contributed by atoms with Crippen LogP contribution in [0.5, 0.6) is 0 Å². The Hall–Kier alpha value is -0.580. The van der Waals surface area contributed by atoms with Gasteiger partial charge in [-0.1, -0.05) is 0 Å². The van der Waals surface area contributed by atoms with Crippen LogP contribution in [-0.2, 0) is 0 Å². The Morgan fingerprint density at radius 3 is 3.07 bits per heavy atom. The lowest BCUT2D eigenvalue weighted by Gasteiger charge is -2.11. The largest absolute Gasteiger partial charge is 0.396 e. The third kappa shape index (κ3) is 4.20. The van der Waals surface area contributed by atoms with E-state index in [-0.39, 0.29) is 6.61 Å². The summed E-state index contributed by atoms with van der Waals surface area (Å²) in [7, 11) is 1.95. The first kappa shape index (κ1) is 12.5. The van der Waals surface area contributed by atoms with Crippen LogP contribution in [0.25, 0.3) is 0 Å². The minimum absolute atomic E-state index is 0.250. The molecule has 0 saturated carbocycles. The van der Waals surface area contributed by atoms with Crippen LogP contribution in [0.1, 0.15) is 24.9 Å². The lowest BCUT2D eigenvalue weighted by Crippen LogP contribution is -2.12. The summed E-state index contributed by atoms with van der Waals surface area (Å²) in [6.45, 7) is 2.37. The number of pyridine rings is 1. The average molecular weight is 226 g/mol. The van der Waals surface area contributed by atoms with E-state index in [9.17, 15) is 0 Å². The number of aliphatic hydroxyl groups is 1. The number of rotatable bonds is 6. The van der Waals surface area contributed by atoms with Crippen molar-refractivity contribution in [2.24, 2.45) is 0 Å². The van der Waals surface area contributed by atoms with E-state index < -0.39 is 0 Å². The first-order chi connectivity index (χ1) is 7.27. The molecular weight excluding hydrogens is 208 g/mol. The molecule has 3 nitrogen and oxygen atoms in total. The van der Waals surface area contributed by atoms with Crippen molar-refractivity contribution in [3.8, 4) is 0 Å². The molecule has 0 amide bonds. The molecule has 0 aliphatic heterocycles. The zero-order valence-corrected chi connectivity index (χ0v) is 10.0. The highest BCUT2D eigenvalue weighted by Crippen LogP contribution is 2.20. The second-order valence-corrected chi connectivity index (χ2v) is 4.48. The Bertz CT molecular complexity index is 294. The summed E-state index contributed by atoms with van der Waals surface area (Å²) in [5, 5.41) is 12.9. The van der Waals surface area contributed by atoms with Crippen molar-refractivity contribution in [1.82, 2.24) is 10.3 Å². The highest BCUT2D eigenvalue weighted by Gasteiger charge is 2.03. The third-order valence-electron chi connectivity index (χ3n) is 2.24. The van der Waals surface area contributed by atoms with Gasteiger partial charge >= 0.3 is 0 Å². The Kier molecular flexibility index (Phi) is 5.68. The zero-order valence-electron chi connectivity index (χ0n) is 9.23. The van der Waals surface area contributed by atoms with Crippen molar-refractivity contribution in [2.45, 2.75) is 24.4 Å². The minimum atomic E-state index is 0.250. The van der Waals surface area contributed by atoms with Crippen LogP contribution in [0.15, 0.2) is 23.4 Å². The van der Waals surface area contributed by atoms with Crippen molar-refractivity contribution in [3.63, 3.8) is 0 Å². The Balaban J connectivity index is 2.57. The summed E-state index contributed by atoms with van der Waals surface area (Å²) >= 11 is 1.69. The van der Waals surface area contributed by atoms with Crippen LogP contribution in [-0.4, -0.2) is 29.5 Å². The molecule has 0 spiro atoms. The molecular formula is C11H18N2OS. The predicted octanol–water partition coefficient (Wildman–Crippen LogP) is 1.84. The van der Waals surface area contributed by atoms with Gasteiger partial charge in [-0.15, -0.1) is 11.8 Å². The molecule has 84 valence electrons. The summed E-state index contributed by atoms with van der Waals surface area (Å²) in [5.41, 5.74) is 1.25. The SMILES string of the molecule is CNC(C)c1ccnc(SCCCO)c1. The smallest absolute Gasteiger partial charge is 0.0963 e. The van der Waals surface area contributed by atoms with Crippen LogP contribution < -0.4 is 5.32 Å². The molecule has 1 unspecified atom stereocenters. The minimum Gasteiger partial charge on any atom is -0.396 e. The van der Waals surface area contributed by atoms with E-state index >= 15 is 0 Å². The summed E-state index contributed by atoms with van der Waals surface area (Å²) in [5.74, 6) is 0.918. The Labute approximate surface area is 95.3 Å². The van der Waals surface area contributed by atoms with Crippen LogP contribution in [0.4, 0.5) is 0 Å². The van der Waals surface area contributed by atoms with E-state index in [1.165, 1.54) is 5.56 Å². The molecule has 0 radical (unpaired) electrons. The summed E-state index contributed by atoms with van der Waals surface area (Å²) in [4.78, 5) is 4.28. The summed E-state index contributed by atoms with van der Waals surface area (Å²) in [6.07, 6.45) is 2.66. The molecule has 1 aromatic rings. The lowest BCUT2D eigenvalue weighted by atomic mass is 10.1. The number of nitrogens with zero attached hydrogens (tertiary/aromatic N) is 1. The van der Waals surface area contributed by atoms with Crippen LogP contribution >= 0.6 is 11.8 Å². The van der Waals surface area contributed by atoms with Gasteiger partial charge in [0.2, 0.25) is 0 Å². The maximum Gasteiger partial charge on any atom is 0.0963 e. The van der Waals surface area contributed by atoms with Gasteiger partial charge in [-0.2, -0.15) is 0 Å². The van der Waals surface area contributed by atoms with Crippen LogP contribution in [0.2, 0.25) is 0 Å².